The maximum absolute atomic E-state index is 5.47. The van der Waals surface area contributed by atoms with Crippen molar-refractivity contribution in [3.05, 3.63) is 23.8 Å². The molecule has 0 aromatic carbocycles. The van der Waals surface area contributed by atoms with Crippen LogP contribution in [0.3, 0.4) is 0 Å². The number of aromatic nitrogens is 4. The van der Waals surface area contributed by atoms with Crippen LogP contribution in [0.4, 0.5) is 12.0 Å². The van der Waals surface area contributed by atoms with Crippen LogP contribution in [-0.2, 0) is 0 Å². The lowest BCUT2D eigenvalue weighted by Crippen LogP contribution is -1.90. The van der Waals surface area contributed by atoms with Crippen LogP contribution in [0.1, 0.15) is 11.6 Å². The first-order chi connectivity index (χ1) is 8.22. The molecule has 0 atom stereocenters. The third kappa shape index (κ3) is 1.71. The number of oxazole rings is 1. The highest BCUT2D eigenvalue weighted by Crippen LogP contribution is 2.22. The van der Waals surface area contributed by atoms with Crippen LogP contribution in [0, 0.1) is 13.8 Å². The second-order valence-corrected chi connectivity index (χ2v) is 3.51. The van der Waals surface area contributed by atoms with Gasteiger partial charge in [0.15, 0.2) is 5.58 Å². The smallest absolute Gasteiger partial charge is 0.323 e. The summed E-state index contributed by atoms with van der Waals surface area (Å²) in [5.74, 6) is 0.474. The average molecular weight is 231 g/mol. The number of rotatable bonds is 2. The summed E-state index contributed by atoms with van der Waals surface area (Å²) in [5, 5.41) is 10.3. The summed E-state index contributed by atoms with van der Waals surface area (Å²) in [6.07, 6.45) is 1.67. The molecule has 0 aliphatic carbocycles. The number of hydrogen-bond acceptors (Lipinski definition) is 7. The number of pyridine rings is 1. The van der Waals surface area contributed by atoms with Crippen LogP contribution < -0.4 is 5.32 Å². The zero-order chi connectivity index (χ0) is 11.8. The minimum absolute atomic E-state index is 0.250. The molecule has 0 spiro atoms. The quantitative estimate of drug-likeness (QED) is 0.720. The zero-order valence-electron chi connectivity index (χ0n) is 9.26. The fourth-order valence-electron chi connectivity index (χ4n) is 1.47. The topological polar surface area (TPSA) is 89.9 Å². The summed E-state index contributed by atoms with van der Waals surface area (Å²) in [6, 6.07) is 2.30. The number of anilines is 2. The molecule has 0 saturated heterocycles. The Morgan fingerprint density at radius 2 is 2.00 bits per heavy atom. The van der Waals surface area contributed by atoms with E-state index in [0.717, 1.165) is 5.69 Å². The van der Waals surface area contributed by atoms with Gasteiger partial charge in [-0.25, -0.2) is 0 Å². The highest BCUT2D eigenvalue weighted by atomic mass is 16.4. The molecular formula is C10H9N5O2. The van der Waals surface area contributed by atoms with E-state index in [9.17, 15) is 0 Å². The molecule has 0 saturated carbocycles. The van der Waals surface area contributed by atoms with Crippen molar-refractivity contribution < 1.29 is 8.83 Å². The molecule has 3 heterocycles. The van der Waals surface area contributed by atoms with Crippen LogP contribution in [0.15, 0.2) is 21.1 Å². The molecule has 17 heavy (non-hydrogen) atoms. The predicted molar refractivity (Wildman–Crippen MR) is 58.9 cm³/mol. The Morgan fingerprint density at radius 1 is 1.12 bits per heavy atom. The number of hydrogen-bond donors (Lipinski definition) is 1. The van der Waals surface area contributed by atoms with Crippen LogP contribution >= 0.6 is 0 Å². The minimum atomic E-state index is 0.250. The SMILES string of the molecule is Cc1nnc(Nc2nc3c(C)nccc3o2)o1. The molecule has 0 amide bonds. The lowest BCUT2D eigenvalue weighted by molar-refractivity contribution is 0.528. The molecule has 0 fully saturated rings. The number of nitrogens with one attached hydrogen (secondary N) is 1. The van der Waals surface area contributed by atoms with E-state index in [4.69, 9.17) is 8.83 Å². The van der Waals surface area contributed by atoms with E-state index < -0.39 is 0 Å². The Bertz CT molecular complexity index is 672. The van der Waals surface area contributed by atoms with Gasteiger partial charge in [0.1, 0.15) is 5.52 Å². The molecule has 0 bridgehead atoms. The van der Waals surface area contributed by atoms with Crippen molar-refractivity contribution in [2.75, 3.05) is 5.32 Å². The lowest BCUT2D eigenvalue weighted by Gasteiger charge is -1.90. The van der Waals surface area contributed by atoms with Crippen molar-refractivity contribution >= 4 is 23.1 Å². The Labute approximate surface area is 95.9 Å². The van der Waals surface area contributed by atoms with Crippen molar-refractivity contribution in [2.24, 2.45) is 0 Å². The number of nitrogens with zero attached hydrogens (tertiary/aromatic N) is 4. The third-order valence-corrected chi connectivity index (χ3v) is 2.23. The third-order valence-electron chi connectivity index (χ3n) is 2.23. The van der Waals surface area contributed by atoms with E-state index in [0.29, 0.717) is 23.0 Å². The van der Waals surface area contributed by atoms with Crippen molar-refractivity contribution in [1.82, 2.24) is 20.2 Å². The molecule has 0 aliphatic rings. The Hall–Kier alpha value is -2.44. The van der Waals surface area contributed by atoms with E-state index >= 15 is 0 Å². The molecule has 1 N–H and O–H groups in total. The molecule has 0 aliphatic heterocycles. The van der Waals surface area contributed by atoms with E-state index in [1.165, 1.54) is 0 Å². The Kier molecular flexibility index (Phi) is 2.04. The molecule has 7 heteroatoms. The fraction of sp³-hybridized carbons (Fsp3) is 0.200. The normalized spacial score (nSPS) is 10.9. The van der Waals surface area contributed by atoms with Gasteiger partial charge in [-0.15, -0.1) is 5.10 Å². The van der Waals surface area contributed by atoms with E-state index in [-0.39, 0.29) is 6.01 Å². The summed E-state index contributed by atoms with van der Waals surface area (Å²) in [5.41, 5.74) is 2.18. The lowest BCUT2D eigenvalue weighted by atomic mass is 10.3. The predicted octanol–water partition coefficient (Wildman–Crippen LogP) is 1.97. The summed E-state index contributed by atoms with van der Waals surface area (Å²) in [6.45, 7) is 3.57. The van der Waals surface area contributed by atoms with Crippen LogP contribution in [0.2, 0.25) is 0 Å². The molecule has 0 radical (unpaired) electrons. The molecule has 86 valence electrons. The standard InChI is InChI=1S/C10H9N5O2/c1-5-8-7(3-4-11-5)17-9(12-8)13-10-15-14-6(2)16-10/h3-4H,1-2H3,(H,12,13,15). The maximum atomic E-state index is 5.47. The first kappa shape index (κ1) is 9.76. The highest BCUT2D eigenvalue weighted by Gasteiger charge is 2.10. The number of aryl methyl sites for hydroxylation is 2. The van der Waals surface area contributed by atoms with E-state index in [1.807, 2.05) is 6.92 Å². The van der Waals surface area contributed by atoms with Gasteiger partial charge < -0.3 is 8.83 Å². The van der Waals surface area contributed by atoms with Gasteiger partial charge in [0, 0.05) is 19.2 Å². The summed E-state index contributed by atoms with van der Waals surface area (Å²) in [4.78, 5) is 8.38. The van der Waals surface area contributed by atoms with Crippen molar-refractivity contribution in [1.29, 1.82) is 0 Å². The Balaban J connectivity index is 1.98. The fourth-order valence-corrected chi connectivity index (χ4v) is 1.47. The second kappa shape index (κ2) is 3.55. The van der Waals surface area contributed by atoms with Crippen molar-refractivity contribution in [2.45, 2.75) is 13.8 Å². The van der Waals surface area contributed by atoms with Gasteiger partial charge in [-0.2, -0.15) is 4.98 Å². The zero-order valence-corrected chi connectivity index (χ0v) is 9.26. The molecule has 0 unspecified atom stereocenters. The van der Waals surface area contributed by atoms with Crippen LogP contribution in [0.5, 0.6) is 0 Å². The van der Waals surface area contributed by atoms with Gasteiger partial charge >= 0.3 is 12.0 Å². The largest absolute Gasteiger partial charge is 0.423 e. The molecular weight excluding hydrogens is 222 g/mol. The number of fused-ring (bicyclic) bond motifs is 1. The molecule has 3 aromatic heterocycles. The van der Waals surface area contributed by atoms with Gasteiger partial charge in [0.05, 0.1) is 5.69 Å². The summed E-state index contributed by atoms with van der Waals surface area (Å²) < 4.78 is 10.6. The van der Waals surface area contributed by atoms with Crippen LogP contribution in [-0.4, -0.2) is 20.2 Å². The molecule has 3 aromatic rings. The minimum Gasteiger partial charge on any atom is -0.423 e. The second-order valence-electron chi connectivity index (χ2n) is 3.51. The highest BCUT2D eigenvalue weighted by molar-refractivity contribution is 5.76. The first-order valence-electron chi connectivity index (χ1n) is 5.01. The summed E-state index contributed by atoms with van der Waals surface area (Å²) in [7, 11) is 0. The van der Waals surface area contributed by atoms with Crippen molar-refractivity contribution in [3.63, 3.8) is 0 Å². The monoisotopic (exact) mass is 231 g/mol. The van der Waals surface area contributed by atoms with Crippen LogP contribution in [0.25, 0.3) is 11.1 Å². The van der Waals surface area contributed by atoms with Gasteiger partial charge in [0.25, 0.3) is 0 Å². The van der Waals surface area contributed by atoms with E-state index in [1.54, 1.807) is 19.2 Å². The van der Waals surface area contributed by atoms with Gasteiger partial charge in [-0.1, -0.05) is 5.10 Å². The van der Waals surface area contributed by atoms with E-state index in [2.05, 4.69) is 25.5 Å². The Morgan fingerprint density at radius 3 is 2.71 bits per heavy atom. The first-order valence-corrected chi connectivity index (χ1v) is 5.01. The molecule has 3 rings (SSSR count). The van der Waals surface area contributed by atoms with Gasteiger partial charge in [-0.3, -0.25) is 10.3 Å². The van der Waals surface area contributed by atoms with Gasteiger partial charge in [-0.05, 0) is 6.92 Å². The van der Waals surface area contributed by atoms with Gasteiger partial charge in [0.2, 0.25) is 5.89 Å². The average Bonchev–Trinajstić information content (AvgIpc) is 2.86. The maximum Gasteiger partial charge on any atom is 0.323 e. The summed E-state index contributed by atoms with van der Waals surface area (Å²) >= 11 is 0. The van der Waals surface area contributed by atoms with Crippen molar-refractivity contribution in [3.8, 4) is 0 Å². The molecule has 7 nitrogen and oxygen atoms in total.